The number of Topliss-reactive ketones (excluding diaryl/α,β-unsaturated/α-hetero) is 1. The second kappa shape index (κ2) is 43.4. The number of hydrogen-bond acceptors (Lipinski definition) is 16. The van der Waals surface area contributed by atoms with E-state index < -0.39 is 12.2 Å². The molecule has 66 heavy (non-hydrogen) atoms. The fourth-order valence-electron chi connectivity index (χ4n) is 8.16. The van der Waals surface area contributed by atoms with Crippen LogP contribution in [0.5, 0.6) is 0 Å². The standard InChI is InChI=1S/C12H20O3.C12H18O3.C11H18O4.S8.S7.S6/c2*1-3-9-8(2)6-11(13)10(9)7-12-14-4-5-15-12;1-2-7-8(10(13)6-9(7)12)5-11-14-3-4-15-11;1-3-5-7-8-6-4-2;1-3-5-7-6-4-2;1-3-5-6-4-2/h3,8-13H,1,4-7H2,2H3;3,8-10,12H,1,4-7H2,2H3;2,7-13H,1,3-6H2;;;/t8-,9+,10-,11+;8-,9+,10-;7-,8-,9-,10+;;;/m111.../s1. The van der Waals surface area contributed by atoms with E-state index in [0.29, 0.717) is 94.8 Å². The Kier molecular flexibility index (Phi) is 44.2. The molecule has 10 nitrogen and oxygen atoms in total. The van der Waals surface area contributed by atoms with Gasteiger partial charge in [-0.3, -0.25) is 4.79 Å². The van der Waals surface area contributed by atoms with Crippen molar-refractivity contribution in [2.45, 2.75) is 89.6 Å². The number of carbonyl (C=O) groups is 1. The van der Waals surface area contributed by atoms with Gasteiger partial charge in [-0.15, -0.1) is 19.7 Å². The molecule has 0 amide bonds. The summed E-state index contributed by atoms with van der Waals surface area (Å²) in [5.74, 6) is 2.23. The molecule has 0 unspecified atom stereocenters. The van der Waals surface area contributed by atoms with Crippen molar-refractivity contribution in [3.8, 4) is 0 Å². The summed E-state index contributed by atoms with van der Waals surface area (Å²) in [6.07, 6.45) is 8.00. The lowest BCUT2D eigenvalue weighted by Crippen LogP contribution is -2.25. The second-order valence-corrected chi connectivity index (χ2v) is 40.9. The van der Waals surface area contributed by atoms with Crippen molar-refractivity contribution in [1.29, 1.82) is 0 Å². The molecule has 3 aliphatic heterocycles. The number of allylic oxidation sites excluding steroid dienone is 2. The Morgan fingerprint density at radius 2 is 0.818 bits per heavy atom. The lowest BCUT2D eigenvalue weighted by atomic mass is 9.87. The predicted molar refractivity (Wildman–Crippen MR) is 322 cm³/mol. The summed E-state index contributed by atoms with van der Waals surface area (Å²) in [6.45, 7) is 19.6. The number of hydrogen-bond donors (Lipinski definition) is 3. The highest BCUT2D eigenvalue weighted by atomic mass is 33.4. The number of ketones is 1. The Hall–Kier alpha value is 3.15. The van der Waals surface area contributed by atoms with Crippen LogP contribution in [0.4, 0.5) is 0 Å². The number of ether oxygens (including phenoxy) is 6. The van der Waals surface area contributed by atoms with Crippen molar-refractivity contribution in [3.63, 3.8) is 0 Å². The zero-order valence-electron chi connectivity index (χ0n) is 35.7. The Labute approximate surface area is 462 Å². The molecule has 11 atom stereocenters. The second-order valence-electron chi connectivity index (χ2n) is 14.4. The third-order valence-electron chi connectivity index (χ3n) is 10.8. The van der Waals surface area contributed by atoms with Crippen LogP contribution in [0.15, 0.2) is 38.0 Å². The van der Waals surface area contributed by atoms with Crippen LogP contribution in [-0.2, 0) is 234 Å². The minimum Gasteiger partial charge on any atom is -0.393 e. The van der Waals surface area contributed by atoms with Gasteiger partial charge in [-0.25, -0.2) is 0 Å². The average molecular weight is 1310 g/mol. The molecular formula is C35H56O10S21. The maximum atomic E-state index is 11.8. The first kappa shape index (κ1) is 67.2. The molecule has 3 saturated carbocycles. The number of aliphatic hydroxyl groups is 3. The molecule has 0 aromatic carbocycles. The van der Waals surface area contributed by atoms with E-state index in [1.54, 1.807) is 68.2 Å². The van der Waals surface area contributed by atoms with Gasteiger partial charge in [0.2, 0.25) is 0 Å². The van der Waals surface area contributed by atoms with Gasteiger partial charge in [-0.05, 0) is 41.9 Å². The van der Waals surface area contributed by atoms with Crippen molar-refractivity contribution < 1.29 is 48.5 Å². The summed E-state index contributed by atoms with van der Waals surface area (Å²) >= 11 is 27.4. The topological polar surface area (TPSA) is 133 Å². The summed E-state index contributed by atoms with van der Waals surface area (Å²) in [6, 6.07) is 0. The van der Waals surface area contributed by atoms with Crippen molar-refractivity contribution in [2.75, 3.05) is 39.6 Å². The molecule has 3 N–H and O–H groups in total. The van der Waals surface area contributed by atoms with Gasteiger partial charge in [0.25, 0.3) is 0 Å². The van der Waals surface area contributed by atoms with E-state index >= 15 is 0 Å². The summed E-state index contributed by atoms with van der Waals surface area (Å²) in [5.41, 5.74) is 0. The van der Waals surface area contributed by atoms with Gasteiger partial charge in [0.1, 0.15) is 5.78 Å². The van der Waals surface area contributed by atoms with Gasteiger partial charge >= 0.3 is 0 Å². The van der Waals surface area contributed by atoms with Gasteiger partial charge in [0.05, 0.1) is 58.0 Å². The number of aliphatic hydroxyl groups excluding tert-OH is 3. The molecule has 3 saturated heterocycles. The van der Waals surface area contributed by atoms with Crippen LogP contribution in [0, 0.1) is 47.3 Å². The van der Waals surface area contributed by atoms with E-state index in [9.17, 15) is 20.1 Å². The molecule has 0 aromatic rings. The van der Waals surface area contributed by atoms with Gasteiger partial charge in [0, 0.05) is 244 Å². The van der Waals surface area contributed by atoms with Crippen LogP contribution >= 0.6 is 0 Å². The number of carbonyl (C=O) groups excluding carboxylic acids is 1. The van der Waals surface area contributed by atoms with Crippen LogP contribution in [0.25, 0.3) is 0 Å². The molecule has 6 fully saturated rings. The Morgan fingerprint density at radius 1 is 0.485 bits per heavy atom. The molecule has 0 radical (unpaired) electrons. The minimum absolute atomic E-state index is 0.000556. The van der Waals surface area contributed by atoms with E-state index in [-0.39, 0.29) is 48.6 Å². The summed E-state index contributed by atoms with van der Waals surface area (Å²) < 4.78 is 32.3. The molecular weight excluding hydrogens is 1250 g/mol. The summed E-state index contributed by atoms with van der Waals surface area (Å²) in [7, 11) is 22.1. The molecule has 0 bridgehead atoms. The van der Waals surface area contributed by atoms with Gasteiger partial charge < -0.3 is 43.7 Å². The Balaban J connectivity index is 0.000000411. The maximum Gasteiger partial charge on any atom is 0.158 e. The molecule has 382 valence electrons. The zero-order valence-corrected chi connectivity index (χ0v) is 52.8. The van der Waals surface area contributed by atoms with Gasteiger partial charge in [-0.1, -0.05) is 32.1 Å². The van der Waals surface area contributed by atoms with E-state index in [2.05, 4.69) is 101 Å². The van der Waals surface area contributed by atoms with E-state index in [1.807, 2.05) is 12.2 Å². The van der Waals surface area contributed by atoms with Crippen molar-refractivity contribution in [1.82, 2.24) is 0 Å². The highest BCUT2D eigenvalue weighted by Gasteiger charge is 2.43. The largest absolute Gasteiger partial charge is 0.393 e. The van der Waals surface area contributed by atoms with Crippen LogP contribution < -0.4 is 0 Å². The van der Waals surface area contributed by atoms with E-state index in [1.165, 1.54) is 71.0 Å². The first-order valence-corrected chi connectivity index (χ1v) is 43.8. The molecule has 3 heterocycles. The molecule has 6 rings (SSSR count). The zero-order chi connectivity index (χ0) is 49.1. The maximum absolute atomic E-state index is 11.8. The Bertz CT molecular complexity index is 2050. The first-order valence-electron chi connectivity index (χ1n) is 19.8. The first-order chi connectivity index (χ1) is 31.9. The van der Waals surface area contributed by atoms with Gasteiger partial charge in [-0.2, -0.15) is 0 Å². The van der Waals surface area contributed by atoms with Crippen molar-refractivity contribution in [3.05, 3.63) is 38.0 Å². The number of rotatable bonds is 9. The highest BCUT2D eigenvalue weighted by molar-refractivity contribution is 8.70. The quantitative estimate of drug-likeness (QED) is 0.291. The SMILES string of the molecule is C=C[C@@H]1[C@@H](CC2OCCO2)[C@@H](O)C[C@H]1C.C=C[C@@H]1[C@@H](CC2OCCO2)[C@@H](O)C[C@H]1O.C=C[C@H]1[C@H](C)CC(=O)[C@@H]1CC1OCCO1.S=S=S=S=S=S.S=S=S=S=S=S=S.S=S=S=S=S=S=S=S. The molecule has 0 aromatic heterocycles. The fraction of sp³-hybridized carbons (Fsp3) is 0.800. The Morgan fingerprint density at radius 3 is 1.20 bits per heavy atom. The smallest absolute Gasteiger partial charge is 0.158 e. The summed E-state index contributed by atoms with van der Waals surface area (Å²) in [5, 5.41) is 29.5. The average Bonchev–Trinajstić information content (AvgIpc) is 4.19. The van der Waals surface area contributed by atoms with Crippen LogP contribution in [0.2, 0.25) is 0 Å². The lowest BCUT2D eigenvalue weighted by molar-refractivity contribution is -0.125. The van der Waals surface area contributed by atoms with Crippen molar-refractivity contribution >= 4 is 206 Å². The third-order valence-corrected chi connectivity index (χ3v) is 37.5. The van der Waals surface area contributed by atoms with Crippen LogP contribution in [-0.4, -0.2) is 97.9 Å². The molecule has 3 aliphatic carbocycles. The van der Waals surface area contributed by atoms with Crippen LogP contribution in [0.1, 0.15) is 52.4 Å². The van der Waals surface area contributed by atoms with Crippen molar-refractivity contribution in [2.24, 2.45) is 47.3 Å². The van der Waals surface area contributed by atoms with E-state index in [4.69, 9.17) is 28.4 Å². The highest BCUT2D eigenvalue weighted by Crippen LogP contribution is 2.41. The lowest BCUT2D eigenvalue weighted by Gasteiger charge is -2.23. The normalized spacial score (nSPS) is 29.7. The molecule has 0 spiro atoms. The summed E-state index contributed by atoms with van der Waals surface area (Å²) in [4.78, 5) is 11.8. The molecule has 6 aliphatic rings. The van der Waals surface area contributed by atoms with Gasteiger partial charge in [0.15, 0.2) is 18.9 Å². The predicted octanol–water partition coefficient (Wildman–Crippen LogP) is 3.59. The van der Waals surface area contributed by atoms with E-state index in [0.717, 1.165) is 12.8 Å². The third kappa shape index (κ3) is 28.2. The fourth-order valence-corrected chi connectivity index (χ4v) is 32.9. The molecule has 31 heteroatoms. The minimum atomic E-state index is -0.482. The van der Waals surface area contributed by atoms with Crippen LogP contribution in [0.3, 0.4) is 0 Å². The monoisotopic (exact) mass is 1310 g/mol.